The van der Waals surface area contributed by atoms with Crippen LogP contribution in [0.1, 0.15) is 39.3 Å². The highest BCUT2D eigenvalue weighted by Crippen LogP contribution is 2.21. The largest absolute Gasteiger partial charge is 0.613 e. The van der Waals surface area contributed by atoms with Crippen molar-refractivity contribution in [1.82, 2.24) is 19.7 Å². The number of nitrogens with two attached hydrogens (primary N) is 1. The van der Waals surface area contributed by atoms with Crippen LogP contribution in [-0.4, -0.2) is 57.1 Å². The van der Waals surface area contributed by atoms with E-state index in [9.17, 15) is 14.5 Å². The minimum atomic E-state index is -2.48. The highest BCUT2D eigenvalue weighted by atomic mass is 31.1. The first-order chi connectivity index (χ1) is 15.8. The van der Waals surface area contributed by atoms with E-state index in [1.807, 2.05) is 13.8 Å². The number of fused-ring (bicyclic) bond motifs is 1. The Morgan fingerprint density at radius 2 is 2.09 bits per heavy atom. The second-order valence-corrected chi connectivity index (χ2v) is 8.53. The molecule has 2 heterocycles. The zero-order chi connectivity index (χ0) is 24.4. The van der Waals surface area contributed by atoms with Crippen molar-refractivity contribution in [3.8, 4) is 6.26 Å². The molecule has 0 saturated heterocycles. The standard InChI is InChI=1S/C20H30N6O6P/c1-4-14(5-2)9-30-20(28)13(3)25-33(29)32-10-18(31-11-21)17(27)8-15-6-7-16-19(22)23-12-24-26(15)16/h6-7,12-14,17-18,27H,4-5,8-10H2,1-3H3,(H,25,29)(H2,22,23,24)/q+1/t13-,17-,18+/m0/s1. The highest BCUT2D eigenvalue weighted by molar-refractivity contribution is 7.36. The predicted molar refractivity (Wildman–Crippen MR) is 119 cm³/mol. The van der Waals surface area contributed by atoms with Crippen molar-refractivity contribution >= 4 is 25.5 Å². The van der Waals surface area contributed by atoms with Crippen molar-refractivity contribution in [2.24, 2.45) is 5.92 Å². The Bertz CT molecular complexity index is 976. The molecule has 0 saturated carbocycles. The number of nitrogens with one attached hydrogen (secondary N) is 1. The number of aliphatic hydroxyl groups excluding tert-OH is 1. The number of nitrogens with zero attached hydrogens (tertiary/aromatic N) is 4. The molecule has 0 amide bonds. The molecule has 2 aromatic heterocycles. The number of aliphatic hydroxyl groups is 1. The summed E-state index contributed by atoms with van der Waals surface area (Å²) < 4.78 is 29.1. The number of hydrogen-bond donors (Lipinski definition) is 3. The van der Waals surface area contributed by atoms with Gasteiger partial charge in [0.05, 0.1) is 12.7 Å². The minimum absolute atomic E-state index is 0.0588. The first-order valence-electron chi connectivity index (χ1n) is 10.6. The van der Waals surface area contributed by atoms with E-state index < -0.39 is 32.4 Å². The van der Waals surface area contributed by atoms with Crippen LogP contribution in [0.15, 0.2) is 18.5 Å². The summed E-state index contributed by atoms with van der Waals surface area (Å²) in [6.45, 7) is 5.49. The molecule has 0 aromatic carbocycles. The van der Waals surface area contributed by atoms with Crippen molar-refractivity contribution in [3.63, 3.8) is 0 Å². The molecule has 0 aliphatic heterocycles. The lowest BCUT2D eigenvalue weighted by molar-refractivity contribution is -0.146. The first kappa shape index (κ1) is 26.4. The van der Waals surface area contributed by atoms with Crippen LogP contribution in [-0.2, 0) is 29.8 Å². The number of carbonyl (C=O) groups is 1. The fourth-order valence-electron chi connectivity index (χ4n) is 3.04. The summed E-state index contributed by atoms with van der Waals surface area (Å²) in [6, 6.07) is 2.56. The smallest absolute Gasteiger partial charge is 0.464 e. The summed E-state index contributed by atoms with van der Waals surface area (Å²) in [4.78, 5) is 16.0. The third kappa shape index (κ3) is 7.61. The lowest BCUT2D eigenvalue weighted by Crippen LogP contribution is -2.35. The topological polar surface area (TPSA) is 174 Å². The van der Waals surface area contributed by atoms with Crippen LogP contribution in [0.2, 0.25) is 0 Å². The Labute approximate surface area is 192 Å². The number of nitrogen functional groups attached to an aromatic ring is 1. The summed E-state index contributed by atoms with van der Waals surface area (Å²) in [6.07, 6.45) is 2.37. The van der Waals surface area contributed by atoms with Gasteiger partial charge in [0.1, 0.15) is 24.5 Å². The molecule has 0 aliphatic carbocycles. The molecule has 4 N–H and O–H groups in total. The number of aromatic nitrogens is 3. The van der Waals surface area contributed by atoms with Crippen LogP contribution >= 0.6 is 8.18 Å². The van der Waals surface area contributed by atoms with E-state index in [1.165, 1.54) is 24.0 Å². The van der Waals surface area contributed by atoms with E-state index in [1.54, 1.807) is 12.1 Å². The molecule has 2 rings (SSSR count). The quantitative estimate of drug-likeness (QED) is 0.203. The zero-order valence-corrected chi connectivity index (χ0v) is 19.8. The Morgan fingerprint density at radius 3 is 2.76 bits per heavy atom. The molecule has 0 aliphatic rings. The van der Waals surface area contributed by atoms with Crippen molar-refractivity contribution < 1.29 is 28.5 Å². The Kier molecular flexibility index (Phi) is 10.4. The average molecular weight is 481 g/mol. The average Bonchev–Trinajstić information content (AvgIpc) is 3.21. The van der Waals surface area contributed by atoms with Gasteiger partial charge in [-0.2, -0.15) is 10.4 Å². The van der Waals surface area contributed by atoms with Crippen LogP contribution in [0.4, 0.5) is 5.82 Å². The van der Waals surface area contributed by atoms with E-state index in [0.717, 1.165) is 12.8 Å². The third-order valence-corrected chi connectivity index (χ3v) is 6.22. The SMILES string of the molecule is CCC(CC)COC(=O)[C@H](C)N[P+](=O)OC[C@@H](OC#N)[C@@H](O)Cc1ccc2c(N)ncnn12. The number of carbonyl (C=O) groups excluding carboxylic acids is 1. The van der Waals surface area contributed by atoms with Crippen molar-refractivity contribution in [2.75, 3.05) is 18.9 Å². The maximum absolute atomic E-state index is 12.2. The molecule has 0 fully saturated rings. The molecule has 4 atom stereocenters. The van der Waals surface area contributed by atoms with E-state index >= 15 is 0 Å². The maximum Gasteiger partial charge on any atom is 0.613 e. The summed E-state index contributed by atoms with van der Waals surface area (Å²) >= 11 is 0. The molecule has 12 nitrogen and oxygen atoms in total. The molecule has 33 heavy (non-hydrogen) atoms. The number of esters is 1. The monoisotopic (exact) mass is 481 g/mol. The van der Waals surface area contributed by atoms with E-state index in [4.69, 9.17) is 25.0 Å². The Morgan fingerprint density at radius 1 is 1.36 bits per heavy atom. The fraction of sp³-hybridized carbons (Fsp3) is 0.600. The second-order valence-electron chi connectivity index (χ2n) is 7.50. The van der Waals surface area contributed by atoms with Gasteiger partial charge in [0.2, 0.25) is 0 Å². The lowest BCUT2D eigenvalue weighted by Gasteiger charge is -2.18. The summed E-state index contributed by atoms with van der Waals surface area (Å²) in [5, 5.41) is 26.1. The molecule has 13 heteroatoms. The molecular formula is C20H30N6O6P+. The van der Waals surface area contributed by atoms with Gasteiger partial charge in [-0.05, 0) is 29.5 Å². The molecule has 180 valence electrons. The summed E-state index contributed by atoms with van der Waals surface area (Å²) in [5.41, 5.74) is 6.98. The molecule has 1 unspecified atom stereocenters. The number of anilines is 1. The molecule has 0 bridgehead atoms. The number of hydrogen-bond acceptors (Lipinski definition) is 10. The van der Waals surface area contributed by atoms with Gasteiger partial charge in [0.15, 0.2) is 11.9 Å². The van der Waals surface area contributed by atoms with Crippen molar-refractivity contribution in [2.45, 2.75) is 58.3 Å². The highest BCUT2D eigenvalue weighted by Gasteiger charge is 2.32. The fourth-order valence-corrected chi connectivity index (χ4v) is 3.82. The van der Waals surface area contributed by atoms with Crippen molar-refractivity contribution in [3.05, 3.63) is 24.2 Å². The van der Waals surface area contributed by atoms with Gasteiger partial charge in [-0.3, -0.25) is 4.79 Å². The van der Waals surface area contributed by atoms with Gasteiger partial charge in [-0.25, -0.2) is 9.50 Å². The van der Waals surface area contributed by atoms with Crippen LogP contribution in [0.25, 0.3) is 5.52 Å². The summed E-state index contributed by atoms with van der Waals surface area (Å²) in [5.74, 6) is 0.0201. The van der Waals surface area contributed by atoms with E-state index in [2.05, 4.69) is 15.2 Å². The predicted octanol–water partition coefficient (Wildman–Crippen LogP) is 1.71. The van der Waals surface area contributed by atoms with Gasteiger partial charge < -0.3 is 20.3 Å². The maximum atomic E-state index is 12.2. The van der Waals surface area contributed by atoms with Crippen LogP contribution in [0.3, 0.4) is 0 Å². The molecular weight excluding hydrogens is 451 g/mol. The van der Waals surface area contributed by atoms with Gasteiger partial charge >= 0.3 is 14.1 Å². The van der Waals surface area contributed by atoms with E-state index in [-0.39, 0.29) is 24.8 Å². The zero-order valence-electron chi connectivity index (χ0n) is 18.9. The van der Waals surface area contributed by atoms with Gasteiger partial charge in [-0.15, -0.1) is 4.52 Å². The lowest BCUT2D eigenvalue weighted by atomic mass is 10.1. The minimum Gasteiger partial charge on any atom is -0.464 e. The first-order valence-corrected chi connectivity index (χ1v) is 11.8. The number of rotatable bonds is 14. The molecule has 0 radical (unpaired) electrons. The number of nitriles is 1. The second kappa shape index (κ2) is 13.0. The molecule has 0 spiro atoms. The van der Waals surface area contributed by atoms with Gasteiger partial charge in [-0.1, -0.05) is 31.8 Å². The normalized spacial score (nSPS) is 14.5. The Balaban J connectivity index is 1.88. The van der Waals surface area contributed by atoms with Crippen LogP contribution < -0.4 is 10.8 Å². The number of ether oxygens (including phenoxy) is 2. The van der Waals surface area contributed by atoms with Crippen LogP contribution in [0.5, 0.6) is 0 Å². The van der Waals surface area contributed by atoms with Crippen molar-refractivity contribution in [1.29, 1.82) is 5.26 Å². The Hall–Kier alpha value is -2.84. The third-order valence-electron chi connectivity index (χ3n) is 5.24. The van der Waals surface area contributed by atoms with Gasteiger partial charge in [0.25, 0.3) is 6.26 Å². The summed E-state index contributed by atoms with van der Waals surface area (Å²) in [7, 11) is -2.48. The molecule has 2 aromatic rings. The van der Waals surface area contributed by atoms with Gasteiger partial charge in [0, 0.05) is 12.1 Å². The van der Waals surface area contributed by atoms with E-state index in [0.29, 0.717) is 17.8 Å². The van der Waals surface area contributed by atoms with Crippen LogP contribution in [0, 0.1) is 17.4 Å².